The van der Waals surface area contributed by atoms with E-state index in [2.05, 4.69) is 10.2 Å². The normalized spacial score (nSPS) is 11.4. The molecule has 4 rings (SSSR count). The molecule has 0 saturated carbocycles. The van der Waals surface area contributed by atoms with Gasteiger partial charge in [0.1, 0.15) is 16.4 Å². The molecular weight excluding hydrogens is 468 g/mol. The zero-order valence-corrected chi connectivity index (χ0v) is 18.6. The lowest BCUT2D eigenvalue weighted by Crippen LogP contribution is -2.00. The number of carboxylic acids is 1. The Morgan fingerprint density at radius 1 is 1.03 bits per heavy atom. The van der Waals surface area contributed by atoms with Crippen molar-refractivity contribution in [3.63, 3.8) is 0 Å². The van der Waals surface area contributed by atoms with Crippen LogP contribution in [0.4, 0.5) is 0 Å². The average Bonchev–Trinajstić information content (AvgIpc) is 3.48. The van der Waals surface area contributed by atoms with E-state index in [1.807, 2.05) is 0 Å². The van der Waals surface area contributed by atoms with Gasteiger partial charge in [0, 0.05) is 22.2 Å². The van der Waals surface area contributed by atoms with Crippen molar-refractivity contribution in [2.24, 2.45) is 0 Å². The van der Waals surface area contributed by atoms with Crippen LogP contribution in [0.15, 0.2) is 79.6 Å². The fourth-order valence-electron chi connectivity index (χ4n) is 2.82. The first-order valence-electron chi connectivity index (χ1n) is 9.44. The molecule has 33 heavy (non-hydrogen) atoms. The van der Waals surface area contributed by atoms with E-state index in [0.717, 1.165) is 11.8 Å². The van der Waals surface area contributed by atoms with Crippen molar-refractivity contribution >= 4 is 41.4 Å². The molecule has 0 spiro atoms. The first kappa shape index (κ1) is 22.4. The van der Waals surface area contributed by atoms with E-state index in [1.54, 1.807) is 60.7 Å². The second-order valence-electron chi connectivity index (χ2n) is 6.57. The summed E-state index contributed by atoms with van der Waals surface area (Å²) in [4.78, 5) is 23.4. The van der Waals surface area contributed by atoms with Gasteiger partial charge in [-0.3, -0.25) is 0 Å². The quantitative estimate of drug-likeness (QED) is 0.202. The average molecular weight is 483 g/mol. The molecule has 0 unspecified atom stereocenters. The second kappa shape index (κ2) is 9.76. The molecule has 8 nitrogen and oxygen atoms in total. The number of hydrogen-bond donors (Lipinski definition) is 1. The minimum absolute atomic E-state index is 0.0613. The number of esters is 1. The lowest BCUT2D eigenvalue weighted by Gasteiger charge is -2.01. The number of aromatic nitrogens is 2. The number of nitrogens with zero attached hydrogens (tertiary/aromatic N) is 2. The van der Waals surface area contributed by atoms with Crippen molar-refractivity contribution in [2.75, 3.05) is 7.11 Å². The molecule has 0 radical (unpaired) electrons. The summed E-state index contributed by atoms with van der Waals surface area (Å²) in [6.07, 6.45) is 1.35. The molecule has 2 aromatic heterocycles. The Hall–Kier alpha value is -3.82. The van der Waals surface area contributed by atoms with Gasteiger partial charge in [0.15, 0.2) is 0 Å². The highest BCUT2D eigenvalue weighted by Gasteiger charge is 2.17. The number of carbonyl (C=O) groups excluding carboxylic acids is 1. The molecule has 166 valence electrons. The molecule has 0 bridgehead atoms. The topological polar surface area (TPSA) is 116 Å². The third-order valence-corrected chi connectivity index (χ3v) is 5.48. The van der Waals surface area contributed by atoms with Gasteiger partial charge in [-0.15, -0.1) is 10.2 Å². The highest BCUT2D eigenvalue weighted by atomic mass is 35.5. The van der Waals surface area contributed by atoms with Gasteiger partial charge in [-0.25, -0.2) is 9.59 Å². The Balaban J connectivity index is 1.55. The fraction of sp³-hybridized carbons (Fsp3) is 0.0435. The molecular formula is C23H15ClN2O6S. The minimum atomic E-state index is -1.18. The molecule has 2 aromatic carbocycles. The Morgan fingerprint density at radius 2 is 1.82 bits per heavy atom. The number of furan rings is 1. The first-order chi connectivity index (χ1) is 15.9. The molecule has 2 heterocycles. The summed E-state index contributed by atoms with van der Waals surface area (Å²) in [7, 11) is 1.30. The van der Waals surface area contributed by atoms with Crippen LogP contribution in [0.5, 0.6) is 0 Å². The lowest BCUT2D eigenvalue weighted by molar-refractivity contribution is -0.131. The van der Waals surface area contributed by atoms with Crippen LogP contribution in [0.1, 0.15) is 16.1 Å². The van der Waals surface area contributed by atoms with Crippen LogP contribution in [-0.2, 0) is 9.53 Å². The number of thioether (sulfide) groups is 1. The predicted octanol–water partition coefficient (Wildman–Crippen LogP) is 5.65. The van der Waals surface area contributed by atoms with Crippen LogP contribution < -0.4 is 0 Å². The zero-order chi connectivity index (χ0) is 23.4. The van der Waals surface area contributed by atoms with Crippen molar-refractivity contribution < 1.29 is 28.3 Å². The van der Waals surface area contributed by atoms with E-state index in [1.165, 1.54) is 13.2 Å². The van der Waals surface area contributed by atoms with Crippen molar-refractivity contribution in [2.45, 2.75) is 5.22 Å². The van der Waals surface area contributed by atoms with Crippen molar-refractivity contribution in [1.82, 2.24) is 10.2 Å². The smallest absolute Gasteiger partial charge is 0.342 e. The Labute approximate surface area is 196 Å². The van der Waals surface area contributed by atoms with Gasteiger partial charge < -0.3 is 18.7 Å². The number of halogens is 1. The fourth-order valence-corrected chi connectivity index (χ4v) is 3.60. The molecule has 0 aliphatic rings. The van der Waals surface area contributed by atoms with Crippen LogP contribution in [-0.4, -0.2) is 34.4 Å². The summed E-state index contributed by atoms with van der Waals surface area (Å²) < 4.78 is 16.1. The Kier molecular flexibility index (Phi) is 6.62. The van der Waals surface area contributed by atoms with Gasteiger partial charge in [-0.2, -0.15) is 0 Å². The maximum absolute atomic E-state index is 11.8. The van der Waals surface area contributed by atoms with Crippen LogP contribution in [0.3, 0.4) is 0 Å². The van der Waals surface area contributed by atoms with Crippen molar-refractivity contribution in [1.29, 1.82) is 0 Å². The third kappa shape index (κ3) is 5.33. The largest absolute Gasteiger partial charge is 0.477 e. The molecule has 0 fully saturated rings. The molecule has 0 amide bonds. The Morgan fingerprint density at radius 3 is 2.55 bits per heavy atom. The monoisotopic (exact) mass is 482 g/mol. The second-order valence-corrected chi connectivity index (χ2v) is 8.00. The molecule has 0 aliphatic heterocycles. The molecule has 1 N–H and O–H groups in total. The summed E-state index contributed by atoms with van der Waals surface area (Å²) in [5.74, 6) is -0.646. The number of carbonyl (C=O) groups is 2. The number of aliphatic carboxylic acids is 1. The minimum Gasteiger partial charge on any atom is -0.477 e. The van der Waals surface area contributed by atoms with Gasteiger partial charge in [-0.1, -0.05) is 23.7 Å². The third-order valence-electron chi connectivity index (χ3n) is 4.37. The van der Waals surface area contributed by atoms with Crippen LogP contribution >= 0.6 is 23.4 Å². The maximum Gasteiger partial charge on any atom is 0.342 e. The summed E-state index contributed by atoms with van der Waals surface area (Å²) in [6.45, 7) is 0. The summed E-state index contributed by atoms with van der Waals surface area (Å²) in [5, 5.41) is 18.1. The van der Waals surface area contributed by atoms with Crippen LogP contribution in [0.25, 0.3) is 28.9 Å². The predicted molar refractivity (Wildman–Crippen MR) is 122 cm³/mol. The van der Waals surface area contributed by atoms with Crippen molar-refractivity contribution in [3.8, 4) is 22.8 Å². The first-order valence-corrected chi connectivity index (χ1v) is 10.6. The summed E-state index contributed by atoms with van der Waals surface area (Å²) >= 11 is 6.68. The standard InChI is InChI=1S/C23H15ClN2O6S/c1-30-22(29)15-4-2-3-14(11-15)18-10-9-17(31-18)12-19(21(27)28)33-23-26-25-20(32-23)13-5-7-16(24)8-6-13/h2-12H,1H3,(H,27,28)/b19-12-. The number of rotatable bonds is 7. The number of carboxylic acid groups (broad SMARTS) is 1. The van der Waals surface area contributed by atoms with E-state index in [0.29, 0.717) is 33.2 Å². The van der Waals surface area contributed by atoms with E-state index in [-0.39, 0.29) is 16.0 Å². The molecule has 4 aromatic rings. The number of benzene rings is 2. The van der Waals surface area contributed by atoms with Crippen LogP contribution in [0.2, 0.25) is 5.02 Å². The van der Waals surface area contributed by atoms with E-state index < -0.39 is 11.9 Å². The van der Waals surface area contributed by atoms with Gasteiger partial charge >= 0.3 is 11.9 Å². The number of methoxy groups -OCH3 is 1. The summed E-state index contributed by atoms with van der Waals surface area (Å²) in [5.41, 5.74) is 1.68. The SMILES string of the molecule is COC(=O)c1cccc(-c2ccc(/C=C(\Sc3nnc(-c4ccc(Cl)cc4)o3)C(=O)O)o2)c1. The van der Waals surface area contributed by atoms with Gasteiger partial charge in [0.05, 0.1) is 12.7 Å². The van der Waals surface area contributed by atoms with Gasteiger partial charge in [0.2, 0.25) is 5.89 Å². The molecule has 0 atom stereocenters. The number of hydrogen-bond acceptors (Lipinski definition) is 8. The van der Waals surface area contributed by atoms with Crippen molar-refractivity contribution in [3.05, 3.63) is 81.9 Å². The highest BCUT2D eigenvalue weighted by molar-refractivity contribution is 8.03. The Bertz CT molecular complexity index is 1340. The van der Waals surface area contributed by atoms with Crippen LogP contribution in [0, 0.1) is 0 Å². The van der Waals surface area contributed by atoms with E-state index in [4.69, 9.17) is 25.2 Å². The lowest BCUT2D eigenvalue weighted by atomic mass is 10.1. The molecule has 10 heteroatoms. The highest BCUT2D eigenvalue weighted by Crippen LogP contribution is 2.31. The van der Waals surface area contributed by atoms with E-state index in [9.17, 15) is 14.7 Å². The van der Waals surface area contributed by atoms with Gasteiger partial charge in [-0.05, 0) is 60.3 Å². The molecule has 0 aliphatic carbocycles. The van der Waals surface area contributed by atoms with E-state index >= 15 is 0 Å². The number of ether oxygens (including phenoxy) is 1. The van der Waals surface area contributed by atoms with Gasteiger partial charge in [0.25, 0.3) is 5.22 Å². The maximum atomic E-state index is 11.8. The summed E-state index contributed by atoms with van der Waals surface area (Å²) in [6, 6.07) is 16.8. The zero-order valence-electron chi connectivity index (χ0n) is 17.0. The molecule has 0 saturated heterocycles.